The van der Waals surface area contributed by atoms with Gasteiger partial charge in [0.25, 0.3) is 0 Å². The van der Waals surface area contributed by atoms with Gasteiger partial charge in [0.1, 0.15) is 0 Å². The number of rotatable bonds is 5. The van der Waals surface area contributed by atoms with Crippen LogP contribution in [0.25, 0.3) is 0 Å². The third-order valence-electron chi connectivity index (χ3n) is 3.34. The minimum Gasteiger partial charge on any atom is -0.330 e. The van der Waals surface area contributed by atoms with Crippen LogP contribution in [0.1, 0.15) is 33.1 Å². The maximum Gasteiger partial charge on any atom is 0.000984 e. The summed E-state index contributed by atoms with van der Waals surface area (Å²) in [5, 5.41) is 0. The lowest BCUT2D eigenvalue weighted by atomic mass is 9.95. The Morgan fingerprint density at radius 1 is 1.29 bits per heavy atom. The first-order valence-electron chi connectivity index (χ1n) is 6.02. The fraction of sp³-hybridized carbons (Fsp3) is 1.00. The molecule has 0 heterocycles. The zero-order chi connectivity index (χ0) is 10.6. The molecular formula is C12H26N2. The molecule has 0 amide bonds. The lowest BCUT2D eigenvalue weighted by Crippen LogP contribution is -2.32. The molecule has 0 spiro atoms. The second-order valence-corrected chi connectivity index (χ2v) is 5.30. The van der Waals surface area contributed by atoms with Gasteiger partial charge in [-0.25, -0.2) is 0 Å². The second kappa shape index (κ2) is 5.72. The zero-order valence-corrected chi connectivity index (χ0v) is 10.00. The van der Waals surface area contributed by atoms with Crippen molar-refractivity contribution >= 4 is 0 Å². The monoisotopic (exact) mass is 198 g/mol. The van der Waals surface area contributed by atoms with Gasteiger partial charge in [-0.05, 0) is 44.2 Å². The Labute approximate surface area is 88.8 Å². The molecule has 2 nitrogen and oxygen atoms in total. The van der Waals surface area contributed by atoms with Gasteiger partial charge in [-0.2, -0.15) is 0 Å². The van der Waals surface area contributed by atoms with E-state index in [2.05, 4.69) is 25.8 Å². The highest BCUT2D eigenvalue weighted by atomic mass is 15.1. The van der Waals surface area contributed by atoms with Crippen molar-refractivity contribution in [3.05, 3.63) is 0 Å². The Balaban J connectivity index is 2.28. The summed E-state index contributed by atoms with van der Waals surface area (Å²) in [5.74, 6) is 2.44. The topological polar surface area (TPSA) is 29.3 Å². The van der Waals surface area contributed by atoms with Crippen LogP contribution in [0.2, 0.25) is 0 Å². The van der Waals surface area contributed by atoms with E-state index in [0.717, 1.165) is 24.3 Å². The minimum absolute atomic E-state index is 0.776. The van der Waals surface area contributed by atoms with Gasteiger partial charge < -0.3 is 10.6 Å². The Bertz CT molecular complexity index is 156. The van der Waals surface area contributed by atoms with Crippen LogP contribution in [0.4, 0.5) is 0 Å². The van der Waals surface area contributed by atoms with E-state index >= 15 is 0 Å². The second-order valence-electron chi connectivity index (χ2n) is 5.30. The Kier molecular flexibility index (Phi) is 4.90. The van der Waals surface area contributed by atoms with E-state index in [0.29, 0.717) is 0 Å². The van der Waals surface area contributed by atoms with E-state index in [4.69, 9.17) is 5.73 Å². The highest BCUT2D eigenvalue weighted by molar-refractivity contribution is 4.80. The molecule has 1 aliphatic rings. The van der Waals surface area contributed by atoms with Crippen LogP contribution in [-0.2, 0) is 0 Å². The normalized spacial score (nSPS) is 27.9. The van der Waals surface area contributed by atoms with Crippen LogP contribution < -0.4 is 5.73 Å². The number of hydrogen-bond acceptors (Lipinski definition) is 2. The summed E-state index contributed by atoms with van der Waals surface area (Å²) in [6, 6.07) is 0. The standard InChI is InChI=1S/C12H26N2/c1-10(2)8-14(3)9-12-6-4-5-11(12)7-13/h10-12H,4-9,13H2,1-3H3. The van der Waals surface area contributed by atoms with Crippen LogP contribution in [0.5, 0.6) is 0 Å². The van der Waals surface area contributed by atoms with Crippen molar-refractivity contribution in [2.45, 2.75) is 33.1 Å². The first-order chi connectivity index (χ1) is 6.63. The molecule has 2 N–H and O–H groups in total. The quantitative estimate of drug-likeness (QED) is 0.731. The molecule has 1 saturated carbocycles. The average Bonchev–Trinajstić information content (AvgIpc) is 2.50. The molecule has 2 atom stereocenters. The summed E-state index contributed by atoms with van der Waals surface area (Å²) in [6.07, 6.45) is 4.14. The van der Waals surface area contributed by atoms with E-state index in [9.17, 15) is 0 Å². The summed E-state index contributed by atoms with van der Waals surface area (Å²) >= 11 is 0. The highest BCUT2D eigenvalue weighted by Gasteiger charge is 2.26. The van der Waals surface area contributed by atoms with Crippen molar-refractivity contribution in [3.63, 3.8) is 0 Å². The van der Waals surface area contributed by atoms with E-state index in [-0.39, 0.29) is 0 Å². The molecule has 2 unspecified atom stereocenters. The molecule has 0 aromatic rings. The molecule has 0 aromatic carbocycles. The lowest BCUT2D eigenvalue weighted by molar-refractivity contribution is 0.224. The fourth-order valence-corrected chi connectivity index (χ4v) is 2.76. The first-order valence-corrected chi connectivity index (χ1v) is 6.02. The summed E-state index contributed by atoms with van der Waals surface area (Å²) < 4.78 is 0. The van der Waals surface area contributed by atoms with Crippen LogP contribution >= 0.6 is 0 Å². The number of nitrogens with zero attached hydrogens (tertiary/aromatic N) is 1. The van der Waals surface area contributed by atoms with Crippen molar-refractivity contribution in [2.75, 3.05) is 26.7 Å². The van der Waals surface area contributed by atoms with Crippen molar-refractivity contribution < 1.29 is 0 Å². The molecule has 0 radical (unpaired) electrons. The maximum absolute atomic E-state index is 5.78. The van der Waals surface area contributed by atoms with E-state index in [1.807, 2.05) is 0 Å². The first kappa shape index (κ1) is 12.0. The molecule has 84 valence electrons. The van der Waals surface area contributed by atoms with Gasteiger partial charge in [0.15, 0.2) is 0 Å². The van der Waals surface area contributed by atoms with Crippen molar-refractivity contribution in [1.82, 2.24) is 4.90 Å². The third kappa shape index (κ3) is 3.58. The number of nitrogens with two attached hydrogens (primary N) is 1. The summed E-state index contributed by atoms with van der Waals surface area (Å²) in [5.41, 5.74) is 5.78. The Hall–Kier alpha value is -0.0800. The van der Waals surface area contributed by atoms with Gasteiger partial charge in [0.05, 0.1) is 0 Å². The van der Waals surface area contributed by atoms with Gasteiger partial charge in [0, 0.05) is 13.1 Å². The van der Waals surface area contributed by atoms with Crippen LogP contribution in [-0.4, -0.2) is 31.6 Å². The van der Waals surface area contributed by atoms with Gasteiger partial charge >= 0.3 is 0 Å². The SMILES string of the molecule is CC(C)CN(C)CC1CCCC1CN. The molecule has 2 heteroatoms. The maximum atomic E-state index is 5.78. The van der Waals surface area contributed by atoms with Crippen LogP contribution in [0.3, 0.4) is 0 Å². The molecule has 0 aromatic heterocycles. The van der Waals surface area contributed by atoms with Crippen LogP contribution in [0, 0.1) is 17.8 Å². The molecule has 0 saturated heterocycles. The molecule has 0 aliphatic heterocycles. The zero-order valence-electron chi connectivity index (χ0n) is 10.00. The Morgan fingerprint density at radius 3 is 2.50 bits per heavy atom. The van der Waals surface area contributed by atoms with Crippen molar-refractivity contribution in [3.8, 4) is 0 Å². The van der Waals surface area contributed by atoms with Crippen molar-refractivity contribution in [2.24, 2.45) is 23.5 Å². The Morgan fingerprint density at radius 2 is 1.93 bits per heavy atom. The van der Waals surface area contributed by atoms with E-state index in [1.54, 1.807) is 0 Å². The van der Waals surface area contributed by atoms with Gasteiger partial charge in [-0.15, -0.1) is 0 Å². The molecule has 1 rings (SSSR count). The van der Waals surface area contributed by atoms with Crippen molar-refractivity contribution in [1.29, 1.82) is 0 Å². The summed E-state index contributed by atoms with van der Waals surface area (Å²) in [6.45, 7) is 7.92. The molecular weight excluding hydrogens is 172 g/mol. The lowest BCUT2D eigenvalue weighted by Gasteiger charge is -2.26. The highest BCUT2D eigenvalue weighted by Crippen LogP contribution is 2.31. The van der Waals surface area contributed by atoms with Gasteiger partial charge in [-0.1, -0.05) is 20.3 Å². The van der Waals surface area contributed by atoms with Gasteiger partial charge in [-0.3, -0.25) is 0 Å². The van der Waals surface area contributed by atoms with E-state index in [1.165, 1.54) is 32.4 Å². The summed E-state index contributed by atoms with van der Waals surface area (Å²) in [4.78, 5) is 2.48. The predicted octanol–water partition coefficient (Wildman–Crippen LogP) is 1.95. The predicted molar refractivity (Wildman–Crippen MR) is 62.2 cm³/mol. The third-order valence-corrected chi connectivity index (χ3v) is 3.34. The van der Waals surface area contributed by atoms with Gasteiger partial charge in [0.2, 0.25) is 0 Å². The number of hydrogen-bond donors (Lipinski definition) is 1. The van der Waals surface area contributed by atoms with E-state index < -0.39 is 0 Å². The summed E-state index contributed by atoms with van der Waals surface area (Å²) in [7, 11) is 2.24. The largest absolute Gasteiger partial charge is 0.330 e. The minimum atomic E-state index is 0.776. The molecule has 1 aliphatic carbocycles. The van der Waals surface area contributed by atoms with Crippen LogP contribution in [0.15, 0.2) is 0 Å². The molecule has 14 heavy (non-hydrogen) atoms. The smallest absolute Gasteiger partial charge is 0.000984 e. The average molecular weight is 198 g/mol. The molecule has 1 fully saturated rings. The molecule has 0 bridgehead atoms. The fourth-order valence-electron chi connectivity index (χ4n) is 2.76.